The van der Waals surface area contributed by atoms with E-state index in [1.54, 1.807) is 0 Å². The van der Waals surface area contributed by atoms with Gasteiger partial charge >= 0.3 is 12.1 Å². The third-order valence-electron chi connectivity index (χ3n) is 7.26. The van der Waals surface area contributed by atoms with Crippen molar-refractivity contribution in [1.82, 2.24) is 10.6 Å². The predicted molar refractivity (Wildman–Crippen MR) is 133 cm³/mol. The van der Waals surface area contributed by atoms with Crippen LogP contribution in [0.4, 0.5) is 4.79 Å². The Morgan fingerprint density at radius 3 is 2.34 bits per heavy atom. The standard InChI is InChI=1S/C28H34N2O5/c1-18(8-6-15-26(31)32)30-27(33)20-14-7-9-19(20)16-29-28(34)35-17-25-23-12-4-2-10-21(23)22-11-3-5-13-24(22)25/h2-5,10-13,18-20,25H,6-9,14-17H2,1H3,(H,29,34)(H,30,33)(H,31,32)/t18?,19-,20-/m1/s1. The van der Waals surface area contributed by atoms with Gasteiger partial charge in [-0.25, -0.2) is 4.79 Å². The van der Waals surface area contributed by atoms with Crippen molar-refractivity contribution in [1.29, 1.82) is 0 Å². The van der Waals surface area contributed by atoms with Crippen LogP contribution < -0.4 is 10.6 Å². The van der Waals surface area contributed by atoms with Gasteiger partial charge in [0.2, 0.25) is 5.91 Å². The van der Waals surface area contributed by atoms with E-state index in [1.807, 2.05) is 31.2 Å². The maximum Gasteiger partial charge on any atom is 0.407 e. The minimum Gasteiger partial charge on any atom is -0.481 e. The summed E-state index contributed by atoms with van der Waals surface area (Å²) >= 11 is 0. The Morgan fingerprint density at radius 1 is 1.03 bits per heavy atom. The number of nitrogens with one attached hydrogen (secondary N) is 2. The fraction of sp³-hybridized carbons (Fsp3) is 0.464. The molecule has 2 aliphatic carbocycles. The molecule has 2 amide bonds. The Morgan fingerprint density at radius 2 is 1.69 bits per heavy atom. The molecule has 1 fully saturated rings. The molecule has 3 atom stereocenters. The molecule has 0 radical (unpaired) electrons. The fourth-order valence-corrected chi connectivity index (χ4v) is 5.47. The van der Waals surface area contributed by atoms with Crippen molar-refractivity contribution in [2.24, 2.45) is 11.8 Å². The van der Waals surface area contributed by atoms with Gasteiger partial charge in [-0.2, -0.15) is 0 Å². The number of amides is 2. The van der Waals surface area contributed by atoms with E-state index in [0.717, 1.165) is 19.3 Å². The Labute approximate surface area is 206 Å². The van der Waals surface area contributed by atoms with Gasteiger partial charge in [-0.05, 0) is 60.8 Å². The molecule has 1 unspecified atom stereocenters. The molecule has 2 aromatic rings. The van der Waals surface area contributed by atoms with E-state index in [2.05, 4.69) is 34.9 Å². The number of fused-ring (bicyclic) bond motifs is 3. The summed E-state index contributed by atoms with van der Waals surface area (Å²) in [7, 11) is 0. The number of aliphatic carboxylic acids is 1. The Bertz CT molecular complexity index is 1020. The van der Waals surface area contributed by atoms with Gasteiger partial charge in [-0.3, -0.25) is 9.59 Å². The molecule has 0 spiro atoms. The van der Waals surface area contributed by atoms with Gasteiger partial charge in [-0.1, -0.05) is 55.0 Å². The molecule has 0 saturated heterocycles. The third kappa shape index (κ3) is 6.02. The number of hydrogen-bond acceptors (Lipinski definition) is 4. The van der Waals surface area contributed by atoms with Crippen molar-refractivity contribution >= 4 is 18.0 Å². The molecule has 3 N–H and O–H groups in total. The van der Waals surface area contributed by atoms with E-state index in [-0.39, 0.29) is 42.7 Å². The van der Waals surface area contributed by atoms with Crippen molar-refractivity contribution in [3.8, 4) is 11.1 Å². The van der Waals surface area contributed by atoms with Crippen LogP contribution in [0.25, 0.3) is 11.1 Å². The van der Waals surface area contributed by atoms with Crippen LogP contribution in [0.5, 0.6) is 0 Å². The minimum absolute atomic E-state index is 0.00957. The average molecular weight is 479 g/mol. The highest BCUT2D eigenvalue weighted by atomic mass is 16.5. The molecule has 0 heterocycles. The molecule has 7 nitrogen and oxygen atoms in total. The van der Waals surface area contributed by atoms with Crippen LogP contribution in [0, 0.1) is 11.8 Å². The second kappa shape index (κ2) is 11.4. The number of alkyl carbamates (subject to hydrolysis) is 1. The molecule has 4 rings (SSSR count). The summed E-state index contributed by atoms with van der Waals surface area (Å²) in [6.45, 7) is 2.57. The number of ether oxygens (including phenoxy) is 1. The maximum atomic E-state index is 12.8. The van der Waals surface area contributed by atoms with Crippen LogP contribution in [0.2, 0.25) is 0 Å². The quantitative estimate of drug-likeness (QED) is 0.459. The van der Waals surface area contributed by atoms with Crippen molar-refractivity contribution < 1.29 is 24.2 Å². The number of carbonyl (C=O) groups is 3. The minimum atomic E-state index is -0.821. The summed E-state index contributed by atoms with van der Waals surface area (Å²) in [6, 6.07) is 16.4. The van der Waals surface area contributed by atoms with Crippen LogP contribution in [0.1, 0.15) is 62.5 Å². The molecule has 2 aliphatic rings. The highest BCUT2D eigenvalue weighted by Crippen LogP contribution is 2.44. The topological polar surface area (TPSA) is 105 Å². The van der Waals surface area contributed by atoms with Gasteiger partial charge in [0.05, 0.1) is 0 Å². The zero-order valence-electron chi connectivity index (χ0n) is 20.2. The summed E-state index contributed by atoms with van der Waals surface area (Å²) in [5.41, 5.74) is 4.72. The number of carboxylic acids is 1. The average Bonchev–Trinajstić information content (AvgIpc) is 3.44. The molecule has 1 saturated carbocycles. The summed E-state index contributed by atoms with van der Waals surface area (Å²) in [6.07, 6.45) is 3.44. The fourth-order valence-electron chi connectivity index (χ4n) is 5.47. The van der Waals surface area contributed by atoms with E-state index >= 15 is 0 Å². The van der Waals surface area contributed by atoms with Crippen LogP contribution in [0.3, 0.4) is 0 Å². The van der Waals surface area contributed by atoms with Crippen molar-refractivity contribution in [3.05, 3.63) is 59.7 Å². The lowest BCUT2D eigenvalue weighted by Gasteiger charge is -2.22. The number of carbonyl (C=O) groups excluding carboxylic acids is 2. The smallest absolute Gasteiger partial charge is 0.407 e. The summed E-state index contributed by atoms with van der Waals surface area (Å²) in [5.74, 6) is -0.892. The van der Waals surface area contributed by atoms with E-state index < -0.39 is 12.1 Å². The SMILES string of the molecule is CC(CCCC(=O)O)NC(=O)[C@@H]1CCC[C@@H]1CNC(=O)OCC1c2ccccc2-c2ccccc21. The zero-order valence-corrected chi connectivity index (χ0v) is 20.2. The van der Waals surface area contributed by atoms with Gasteiger partial charge in [0.25, 0.3) is 0 Å². The van der Waals surface area contributed by atoms with Gasteiger partial charge in [0.1, 0.15) is 6.61 Å². The monoisotopic (exact) mass is 478 g/mol. The summed E-state index contributed by atoms with van der Waals surface area (Å²) in [4.78, 5) is 36.0. The lowest BCUT2D eigenvalue weighted by Crippen LogP contribution is -2.41. The first-order valence-corrected chi connectivity index (χ1v) is 12.5. The van der Waals surface area contributed by atoms with Crippen LogP contribution in [-0.2, 0) is 14.3 Å². The van der Waals surface area contributed by atoms with Crippen molar-refractivity contribution in [3.63, 3.8) is 0 Å². The zero-order chi connectivity index (χ0) is 24.8. The van der Waals surface area contributed by atoms with Gasteiger partial charge in [0.15, 0.2) is 0 Å². The van der Waals surface area contributed by atoms with Gasteiger partial charge in [0, 0.05) is 30.8 Å². The highest BCUT2D eigenvalue weighted by molar-refractivity contribution is 5.80. The van der Waals surface area contributed by atoms with E-state index in [0.29, 0.717) is 19.4 Å². The summed E-state index contributed by atoms with van der Waals surface area (Å²) < 4.78 is 5.62. The van der Waals surface area contributed by atoms with E-state index in [4.69, 9.17) is 9.84 Å². The molecule has 7 heteroatoms. The van der Waals surface area contributed by atoms with Crippen LogP contribution >= 0.6 is 0 Å². The first kappa shape index (κ1) is 24.8. The third-order valence-corrected chi connectivity index (χ3v) is 7.26. The second-order valence-electron chi connectivity index (χ2n) is 9.70. The Hall–Kier alpha value is -3.35. The molecule has 186 valence electrons. The number of benzene rings is 2. The Kier molecular flexibility index (Phi) is 8.06. The first-order valence-electron chi connectivity index (χ1n) is 12.5. The number of carboxylic acid groups (broad SMARTS) is 1. The molecular weight excluding hydrogens is 444 g/mol. The molecule has 0 aromatic heterocycles. The number of rotatable bonds is 10. The Balaban J connectivity index is 1.25. The molecule has 0 bridgehead atoms. The van der Waals surface area contributed by atoms with Crippen molar-refractivity contribution in [2.45, 2.75) is 57.4 Å². The van der Waals surface area contributed by atoms with Crippen molar-refractivity contribution in [2.75, 3.05) is 13.2 Å². The lowest BCUT2D eigenvalue weighted by atomic mass is 9.94. The van der Waals surface area contributed by atoms with Gasteiger partial charge < -0.3 is 20.5 Å². The molecule has 35 heavy (non-hydrogen) atoms. The first-order chi connectivity index (χ1) is 16.9. The summed E-state index contributed by atoms with van der Waals surface area (Å²) in [5, 5.41) is 14.7. The predicted octanol–water partition coefficient (Wildman–Crippen LogP) is 4.70. The number of hydrogen-bond donors (Lipinski definition) is 3. The largest absolute Gasteiger partial charge is 0.481 e. The lowest BCUT2D eigenvalue weighted by molar-refractivity contribution is -0.137. The second-order valence-corrected chi connectivity index (χ2v) is 9.70. The molecule has 2 aromatic carbocycles. The van der Waals surface area contributed by atoms with Gasteiger partial charge in [-0.15, -0.1) is 0 Å². The molecular formula is C28H34N2O5. The normalized spacial score (nSPS) is 19.5. The van der Waals surface area contributed by atoms with E-state index in [9.17, 15) is 14.4 Å². The van der Waals surface area contributed by atoms with Crippen LogP contribution in [-0.4, -0.2) is 42.3 Å². The van der Waals surface area contributed by atoms with Crippen LogP contribution in [0.15, 0.2) is 48.5 Å². The van der Waals surface area contributed by atoms with E-state index in [1.165, 1.54) is 22.3 Å². The maximum absolute atomic E-state index is 12.8. The molecule has 0 aliphatic heterocycles. The highest BCUT2D eigenvalue weighted by Gasteiger charge is 2.34.